The quantitative estimate of drug-likeness (QED) is 0.605. The molecule has 0 aromatic heterocycles. The first-order valence-electron chi connectivity index (χ1n) is 10.2. The number of amides is 2. The van der Waals surface area contributed by atoms with Gasteiger partial charge >= 0.3 is 5.97 Å². The summed E-state index contributed by atoms with van der Waals surface area (Å²) in [5, 5.41) is 2.69. The van der Waals surface area contributed by atoms with E-state index in [9.17, 15) is 18.8 Å². The van der Waals surface area contributed by atoms with Crippen molar-refractivity contribution in [3.63, 3.8) is 0 Å². The number of nitrogens with zero attached hydrogens (tertiary/aromatic N) is 1. The maximum atomic E-state index is 13.8. The van der Waals surface area contributed by atoms with Crippen molar-refractivity contribution in [3.8, 4) is 11.5 Å². The number of carbonyl (C=O) groups excluding carboxylic acids is 3. The molecule has 33 heavy (non-hydrogen) atoms. The number of anilines is 1. The standard InChI is InChI=1S/C24H29FN2O6/c1-24(2,3)23(30)26-18-12-20(32-6)19(31-5)11-16(18)22(29)33-14-21(28)27(4)13-15-9-7-8-10-17(15)25/h7-12H,13-14H2,1-6H3,(H,26,30). The van der Waals surface area contributed by atoms with Crippen molar-refractivity contribution in [3.05, 3.63) is 53.3 Å². The second-order valence-corrected chi connectivity index (χ2v) is 8.37. The summed E-state index contributed by atoms with van der Waals surface area (Å²) in [4.78, 5) is 39.0. The molecule has 2 rings (SSSR count). The summed E-state index contributed by atoms with van der Waals surface area (Å²) in [6.45, 7) is 4.64. The average Bonchev–Trinajstić information content (AvgIpc) is 2.77. The molecule has 2 amide bonds. The summed E-state index contributed by atoms with van der Waals surface area (Å²) in [7, 11) is 4.31. The van der Waals surface area contributed by atoms with E-state index in [-0.39, 0.29) is 29.5 Å². The molecule has 0 heterocycles. The molecule has 0 fully saturated rings. The van der Waals surface area contributed by atoms with Crippen LogP contribution >= 0.6 is 0 Å². The largest absolute Gasteiger partial charge is 0.493 e. The predicted molar refractivity (Wildman–Crippen MR) is 121 cm³/mol. The average molecular weight is 461 g/mol. The molecule has 0 unspecified atom stereocenters. The van der Waals surface area contributed by atoms with E-state index in [4.69, 9.17) is 14.2 Å². The highest BCUT2D eigenvalue weighted by Crippen LogP contribution is 2.34. The van der Waals surface area contributed by atoms with Crippen molar-refractivity contribution in [2.45, 2.75) is 27.3 Å². The van der Waals surface area contributed by atoms with E-state index in [2.05, 4.69) is 5.32 Å². The third-order valence-corrected chi connectivity index (χ3v) is 4.79. The van der Waals surface area contributed by atoms with E-state index >= 15 is 0 Å². The van der Waals surface area contributed by atoms with Crippen molar-refractivity contribution in [1.29, 1.82) is 0 Å². The molecule has 0 aliphatic rings. The van der Waals surface area contributed by atoms with Gasteiger partial charge in [-0.2, -0.15) is 0 Å². The topological polar surface area (TPSA) is 94.2 Å². The second kappa shape index (κ2) is 10.8. The summed E-state index contributed by atoms with van der Waals surface area (Å²) in [5.74, 6) is -1.57. The molecular weight excluding hydrogens is 431 g/mol. The van der Waals surface area contributed by atoms with Crippen LogP contribution in [0.3, 0.4) is 0 Å². The molecule has 0 radical (unpaired) electrons. The number of methoxy groups -OCH3 is 2. The number of halogens is 1. The lowest BCUT2D eigenvalue weighted by Gasteiger charge is -2.21. The fraction of sp³-hybridized carbons (Fsp3) is 0.375. The Morgan fingerprint density at radius 3 is 2.21 bits per heavy atom. The molecule has 1 N–H and O–H groups in total. The van der Waals surface area contributed by atoms with Crippen LogP contribution in [0.25, 0.3) is 0 Å². The van der Waals surface area contributed by atoms with Crippen molar-refractivity contribution in [2.24, 2.45) is 5.41 Å². The molecule has 0 saturated heterocycles. The molecule has 8 nitrogen and oxygen atoms in total. The van der Waals surface area contributed by atoms with Gasteiger partial charge in [-0.3, -0.25) is 9.59 Å². The molecule has 9 heteroatoms. The minimum absolute atomic E-state index is 0.00481. The lowest BCUT2D eigenvalue weighted by atomic mass is 9.95. The van der Waals surface area contributed by atoms with Crippen LogP contribution in [0.15, 0.2) is 36.4 Å². The van der Waals surface area contributed by atoms with Crippen molar-refractivity contribution in [2.75, 3.05) is 33.2 Å². The number of rotatable bonds is 8. The van der Waals surface area contributed by atoms with Gasteiger partial charge in [-0.1, -0.05) is 39.0 Å². The van der Waals surface area contributed by atoms with E-state index in [1.54, 1.807) is 39.0 Å². The van der Waals surface area contributed by atoms with Crippen LogP contribution in [-0.2, 0) is 20.9 Å². The zero-order valence-electron chi connectivity index (χ0n) is 19.7. The minimum atomic E-state index is -0.840. The molecule has 0 aliphatic carbocycles. The monoisotopic (exact) mass is 460 g/mol. The molecular formula is C24H29FN2O6. The molecule has 178 valence electrons. The molecule has 0 bridgehead atoms. The van der Waals surface area contributed by atoms with Crippen LogP contribution in [0.2, 0.25) is 0 Å². The Morgan fingerprint density at radius 1 is 1.03 bits per heavy atom. The first kappa shape index (κ1) is 25.6. The minimum Gasteiger partial charge on any atom is -0.493 e. The first-order chi connectivity index (χ1) is 15.5. The number of likely N-dealkylation sites (N-methyl/N-ethyl adjacent to an activating group) is 1. The predicted octanol–water partition coefficient (Wildman–Crippen LogP) is 3.64. The van der Waals surface area contributed by atoms with E-state index in [1.807, 2.05) is 0 Å². The Balaban J connectivity index is 2.18. The van der Waals surface area contributed by atoms with Gasteiger partial charge in [-0.05, 0) is 6.07 Å². The Morgan fingerprint density at radius 2 is 1.64 bits per heavy atom. The number of hydrogen-bond acceptors (Lipinski definition) is 6. The molecule has 0 aliphatic heterocycles. The van der Waals surface area contributed by atoms with E-state index in [0.717, 1.165) is 0 Å². The summed E-state index contributed by atoms with van der Waals surface area (Å²) in [6, 6.07) is 8.91. The fourth-order valence-corrected chi connectivity index (χ4v) is 2.75. The fourth-order valence-electron chi connectivity index (χ4n) is 2.75. The smallest absolute Gasteiger partial charge is 0.340 e. The number of hydrogen-bond donors (Lipinski definition) is 1. The summed E-state index contributed by atoms with van der Waals surface area (Å²) < 4.78 is 29.5. The van der Waals surface area contributed by atoms with Crippen LogP contribution < -0.4 is 14.8 Å². The number of nitrogens with one attached hydrogen (secondary N) is 1. The van der Waals surface area contributed by atoms with Crippen molar-refractivity contribution in [1.82, 2.24) is 4.90 Å². The second-order valence-electron chi connectivity index (χ2n) is 8.37. The maximum absolute atomic E-state index is 13.8. The van der Waals surface area contributed by atoms with E-state index < -0.39 is 29.7 Å². The number of esters is 1. The molecule has 0 spiro atoms. The zero-order valence-corrected chi connectivity index (χ0v) is 19.7. The summed E-state index contributed by atoms with van der Waals surface area (Å²) in [6.07, 6.45) is 0. The van der Waals surface area contributed by atoms with Gasteiger partial charge < -0.3 is 24.4 Å². The van der Waals surface area contributed by atoms with Gasteiger partial charge in [0, 0.05) is 36.7 Å². The number of benzene rings is 2. The SMILES string of the molecule is COc1cc(NC(=O)C(C)(C)C)c(C(=O)OCC(=O)N(C)Cc2ccccc2F)cc1OC. The van der Waals surface area contributed by atoms with E-state index in [0.29, 0.717) is 11.3 Å². The van der Waals surface area contributed by atoms with Gasteiger partial charge in [0.2, 0.25) is 5.91 Å². The van der Waals surface area contributed by atoms with Crippen LogP contribution in [-0.4, -0.2) is 50.6 Å². The molecule has 2 aromatic rings. The molecule has 0 atom stereocenters. The third-order valence-electron chi connectivity index (χ3n) is 4.79. The molecule has 2 aromatic carbocycles. The highest BCUT2D eigenvalue weighted by Gasteiger charge is 2.26. The van der Waals surface area contributed by atoms with Gasteiger partial charge in [-0.25, -0.2) is 9.18 Å². The Hall–Kier alpha value is -3.62. The Kier molecular flexibility index (Phi) is 8.39. The van der Waals surface area contributed by atoms with Crippen molar-refractivity contribution < 1.29 is 33.0 Å². The Labute approximate surface area is 192 Å². The normalized spacial score (nSPS) is 10.9. The zero-order chi connectivity index (χ0) is 24.8. The van der Waals surface area contributed by atoms with Gasteiger partial charge in [0.25, 0.3) is 5.91 Å². The van der Waals surface area contributed by atoms with Gasteiger partial charge in [-0.15, -0.1) is 0 Å². The van der Waals surface area contributed by atoms with Crippen LogP contribution in [0, 0.1) is 11.2 Å². The van der Waals surface area contributed by atoms with Crippen LogP contribution in [0.4, 0.5) is 10.1 Å². The third kappa shape index (κ3) is 6.68. The summed E-state index contributed by atoms with van der Waals surface area (Å²) >= 11 is 0. The first-order valence-corrected chi connectivity index (χ1v) is 10.2. The van der Waals surface area contributed by atoms with Crippen molar-refractivity contribution >= 4 is 23.5 Å². The van der Waals surface area contributed by atoms with Gasteiger partial charge in [0.1, 0.15) is 5.82 Å². The number of ether oxygens (including phenoxy) is 3. The van der Waals surface area contributed by atoms with Crippen LogP contribution in [0.5, 0.6) is 11.5 Å². The van der Waals surface area contributed by atoms with Crippen LogP contribution in [0.1, 0.15) is 36.7 Å². The lowest BCUT2D eigenvalue weighted by Crippen LogP contribution is -2.31. The number of carbonyl (C=O) groups is 3. The highest BCUT2D eigenvalue weighted by atomic mass is 19.1. The van der Waals surface area contributed by atoms with E-state index in [1.165, 1.54) is 44.4 Å². The lowest BCUT2D eigenvalue weighted by molar-refractivity contribution is -0.133. The maximum Gasteiger partial charge on any atom is 0.340 e. The van der Waals surface area contributed by atoms with Gasteiger partial charge in [0.05, 0.1) is 25.5 Å². The highest BCUT2D eigenvalue weighted by molar-refractivity contribution is 6.04. The Bertz CT molecular complexity index is 1030. The molecule has 0 saturated carbocycles. The summed E-state index contributed by atoms with van der Waals surface area (Å²) in [5.41, 5.74) is -0.231. The van der Waals surface area contributed by atoms with Gasteiger partial charge in [0.15, 0.2) is 18.1 Å².